The summed E-state index contributed by atoms with van der Waals surface area (Å²) in [6, 6.07) is 5.99. The Morgan fingerprint density at radius 3 is 2.66 bits per heavy atom. The average molecular weight is 439 g/mol. The van der Waals surface area contributed by atoms with Crippen LogP contribution in [0, 0.1) is 11.7 Å². The van der Waals surface area contributed by atoms with Crippen LogP contribution in [0.25, 0.3) is 10.9 Å². The highest BCUT2D eigenvalue weighted by atomic mass is 19.1. The summed E-state index contributed by atoms with van der Waals surface area (Å²) < 4.78 is 14.8. The lowest BCUT2D eigenvalue weighted by Crippen LogP contribution is -2.42. The number of nitrogens with zero attached hydrogens (tertiary/aromatic N) is 2. The third-order valence-corrected chi connectivity index (χ3v) is 6.28. The third kappa shape index (κ3) is 4.70. The van der Waals surface area contributed by atoms with E-state index in [4.69, 9.17) is 0 Å². The first kappa shape index (κ1) is 22.1. The molecule has 0 aliphatic heterocycles. The number of H-pyrrole nitrogens is 1. The maximum Gasteiger partial charge on any atom is 0.329 e. The number of nitrogens with one attached hydrogen (secondary N) is 1. The van der Waals surface area contributed by atoms with Crippen molar-refractivity contribution >= 4 is 16.7 Å². The highest BCUT2D eigenvalue weighted by molar-refractivity contribution is 5.85. The topological polar surface area (TPSA) is 105 Å². The Morgan fingerprint density at radius 2 is 1.97 bits per heavy atom. The maximum atomic E-state index is 13.8. The number of aromatic amines is 1. The van der Waals surface area contributed by atoms with Gasteiger partial charge in [-0.2, -0.15) is 0 Å². The predicted molar refractivity (Wildman–Crippen MR) is 118 cm³/mol. The summed E-state index contributed by atoms with van der Waals surface area (Å²) in [5.74, 6) is -0.642. The molecule has 0 bridgehead atoms. The van der Waals surface area contributed by atoms with E-state index in [0.29, 0.717) is 17.7 Å². The predicted octanol–water partition coefficient (Wildman–Crippen LogP) is 3.04. The van der Waals surface area contributed by atoms with E-state index in [1.54, 1.807) is 12.1 Å². The number of halogens is 1. The van der Waals surface area contributed by atoms with Crippen molar-refractivity contribution < 1.29 is 14.3 Å². The Morgan fingerprint density at radius 1 is 1.19 bits per heavy atom. The molecule has 0 amide bonds. The molecule has 0 saturated heterocycles. The zero-order valence-corrected chi connectivity index (χ0v) is 17.7. The summed E-state index contributed by atoms with van der Waals surface area (Å²) >= 11 is 0. The molecule has 1 aliphatic carbocycles. The van der Waals surface area contributed by atoms with Gasteiger partial charge in [-0.15, -0.1) is 0 Å². The number of Topliss-reactive ketones (excluding diaryl/α,β-unsaturated/α-hetero) is 1. The van der Waals surface area contributed by atoms with Crippen LogP contribution in [0.1, 0.15) is 55.8 Å². The number of hydrogen-bond donors (Lipinski definition) is 2. The van der Waals surface area contributed by atoms with Gasteiger partial charge in [-0.05, 0) is 42.2 Å². The molecule has 2 aromatic heterocycles. The van der Waals surface area contributed by atoms with Crippen molar-refractivity contribution in [3.63, 3.8) is 0 Å². The average Bonchev–Trinajstić information content (AvgIpc) is 2.80. The Bertz CT molecular complexity index is 1230. The SMILES string of the molecule is O=C(Cc1ccc(CO)cn1)C(CC1CCCCC1)n1c(=O)[nH]c2ccc(F)cc2c1=O. The van der Waals surface area contributed by atoms with Crippen LogP contribution in [-0.4, -0.2) is 25.4 Å². The molecule has 1 aromatic carbocycles. The van der Waals surface area contributed by atoms with E-state index < -0.39 is 23.1 Å². The maximum absolute atomic E-state index is 13.8. The van der Waals surface area contributed by atoms with Crippen LogP contribution in [0.5, 0.6) is 0 Å². The summed E-state index contributed by atoms with van der Waals surface area (Å²) in [6.45, 7) is -0.149. The standard InChI is InChI=1S/C24H26FN3O4/c25-17-7-9-20-19(11-17)23(31)28(24(32)27-20)21(10-15-4-2-1-3-5-15)22(30)12-18-8-6-16(14-29)13-26-18/h6-9,11,13,15,21,29H,1-5,10,12,14H2,(H,27,32). The van der Waals surface area contributed by atoms with Crippen molar-refractivity contribution in [3.8, 4) is 0 Å². The lowest BCUT2D eigenvalue weighted by molar-refractivity contribution is -0.122. The minimum Gasteiger partial charge on any atom is -0.392 e. The van der Waals surface area contributed by atoms with Crippen molar-refractivity contribution in [2.75, 3.05) is 0 Å². The zero-order valence-electron chi connectivity index (χ0n) is 17.7. The number of carbonyl (C=O) groups excluding carboxylic acids is 1. The van der Waals surface area contributed by atoms with E-state index in [1.807, 2.05) is 0 Å². The summed E-state index contributed by atoms with van der Waals surface area (Å²) in [7, 11) is 0. The van der Waals surface area contributed by atoms with E-state index in [-0.39, 0.29) is 35.6 Å². The number of pyridine rings is 1. The van der Waals surface area contributed by atoms with Crippen molar-refractivity contribution in [2.24, 2.45) is 5.92 Å². The highest BCUT2D eigenvalue weighted by Crippen LogP contribution is 2.31. The molecule has 2 N–H and O–H groups in total. The molecule has 8 heteroatoms. The fourth-order valence-electron chi connectivity index (χ4n) is 4.55. The van der Waals surface area contributed by atoms with E-state index >= 15 is 0 Å². The zero-order chi connectivity index (χ0) is 22.7. The van der Waals surface area contributed by atoms with E-state index in [9.17, 15) is 23.9 Å². The summed E-state index contributed by atoms with van der Waals surface area (Å²) in [6.07, 6.45) is 6.99. The monoisotopic (exact) mass is 439 g/mol. The molecule has 1 fully saturated rings. The molecule has 2 heterocycles. The van der Waals surface area contributed by atoms with Gasteiger partial charge in [-0.25, -0.2) is 13.8 Å². The number of rotatable bonds is 7. The molecule has 0 radical (unpaired) electrons. The molecule has 0 spiro atoms. The Balaban J connectivity index is 1.74. The van der Waals surface area contributed by atoms with Gasteiger partial charge in [-0.3, -0.25) is 14.6 Å². The largest absolute Gasteiger partial charge is 0.392 e. The first-order valence-corrected chi connectivity index (χ1v) is 11.0. The van der Waals surface area contributed by atoms with Crippen molar-refractivity contribution in [2.45, 2.75) is 57.6 Å². The molecule has 3 aromatic rings. The third-order valence-electron chi connectivity index (χ3n) is 6.28. The molecule has 1 aliphatic rings. The van der Waals surface area contributed by atoms with Gasteiger partial charge in [0.25, 0.3) is 5.56 Å². The van der Waals surface area contributed by atoms with E-state index in [1.165, 1.54) is 18.3 Å². The Labute approximate surface area is 183 Å². The van der Waals surface area contributed by atoms with Crippen LogP contribution in [0.3, 0.4) is 0 Å². The number of aromatic nitrogens is 3. The number of fused-ring (bicyclic) bond motifs is 1. The molecule has 1 unspecified atom stereocenters. The van der Waals surface area contributed by atoms with E-state index in [0.717, 1.165) is 42.7 Å². The summed E-state index contributed by atoms with van der Waals surface area (Å²) in [4.78, 5) is 46.3. The lowest BCUT2D eigenvalue weighted by atomic mass is 9.83. The van der Waals surface area contributed by atoms with Gasteiger partial charge in [0.2, 0.25) is 0 Å². The lowest BCUT2D eigenvalue weighted by Gasteiger charge is -2.26. The van der Waals surface area contributed by atoms with Gasteiger partial charge in [0.15, 0.2) is 5.78 Å². The minimum atomic E-state index is -0.957. The molecular formula is C24H26FN3O4. The molecule has 4 rings (SSSR count). The molecule has 7 nitrogen and oxygen atoms in total. The second-order valence-corrected chi connectivity index (χ2v) is 8.51. The number of benzene rings is 1. The van der Waals surface area contributed by atoms with Gasteiger partial charge >= 0.3 is 5.69 Å². The minimum absolute atomic E-state index is 0.0384. The van der Waals surface area contributed by atoms with Crippen LogP contribution >= 0.6 is 0 Å². The summed E-state index contributed by atoms with van der Waals surface area (Å²) in [5, 5.41) is 9.23. The van der Waals surface area contributed by atoms with Crippen LogP contribution in [0.2, 0.25) is 0 Å². The van der Waals surface area contributed by atoms with Crippen molar-refractivity contribution in [1.29, 1.82) is 0 Å². The number of aliphatic hydroxyl groups excluding tert-OH is 1. The summed E-state index contributed by atoms with van der Waals surface area (Å²) in [5.41, 5.74) is 0.0250. The van der Waals surface area contributed by atoms with Gasteiger partial charge in [0, 0.05) is 11.9 Å². The van der Waals surface area contributed by atoms with Crippen LogP contribution in [0.15, 0.2) is 46.1 Å². The molecule has 1 saturated carbocycles. The van der Waals surface area contributed by atoms with Crippen LogP contribution < -0.4 is 11.2 Å². The quantitative estimate of drug-likeness (QED) is 0.589. The highest BCUT2D eigenvalue weighted by Gasteiger charge is 2.29. The Kier molecular flexibility index (Phi) is 6.60. The van der Waals surface area contributed by atoms with Crippen LogP contribution in [0.4, 0.5) is 4.39 Å². The van der Waals surface area contributed by atoms with Crippen molar-refractivity contribution in [1.82, 2.24) is 14.5 Å². The van der Waals surface area contributed by atoms with Gasteiger partial charge in [0.1, 0.15) is 11.9 Å². The van der Waals surface area contributed by atoms with Crippen LogP contribution in [-0.2, 0) is 17.8 Å². The molecular weight excluding hydrogens is 413 g/mol. The number of hydrogen-bond acceptors (Lipinski definition) is 5. The normalized spacial score (nSPS) is 15.7. The van der Waals surface area contributed by atoms with Gasteiger partial charge in [0.05, 0.1) is 23.9 Å². The molecule has 1 atom stereocenters. The molecule has 168 valence electrons. The number of aliphatic hydroxyl groups is 1. The molecule has 32 heavy (non-hydrogen) atoms. The van der Waals surface area contributed by atoms with E-state index in [2.05, 4.69) is 9.97 Å². The number of ketones is 1. The fourth-order valence-corrected chi connectivity index (χ4v) is 4.55. The smallest absolute Gasteiger partial charge is 0.329 e. The Hall–Kier alpha value is -3.13. The second-order valence-electron chi connectivity index (χ2n) is 8.51. The van der Waals surface area contributed by atoms with Gasteiger partial charge < -0.3 is 10.1 Å². The van der Waals surface area contributed by atoms with Crippen molar-refractivity contribution in [3.05, 3.63) is 74.4 Å². The first-order valence-electron chi connectivity index (χ1n) is 11.0. The number of carbonyl (C=O) groups is 1. The van der Waals surface area contributed by atoms with Gasteiger partial charge in [-0.1, -0.05) is 38.2 Å². The first-order chi connectivity index (χ1) is 15.5. The second kappa shape index (κ2) is 9.56. The fraction of sp³-hybridized carbons (Fsp3) is 0.417.